The van der Waals surface area contributed by atoms with E-state index in [2.05, 4.69) is 57.0 Å². The third-order valence-electron chi connectivity index (χ3n) is 4.30. The molecule has 1 heterocycles. The molecule has 2 atom stereocenters. The minimum absolute atomic E-state index is 0.0459. The molecule has 0 aromatic heterocycles. The van der Waals surface area contributed by atoms with Crippen molar-refractivity contribution in [3.63, 3.8) is 0 Å². The maximum Gasteiger partial charge on any atom is 0.310 e. The van der Waals surface area contributed by atoms with Crippen LogP contribution in [0.5, 0.6) is 0 Å². The first kappa shape index (κ1) is 16.0. The van der Waals surface area contributed by atoms with Crippen molar-refractivity contribution in [1.29, 1.82) is 0 Å². The Labute approximate surface area is 128 Å². The Morgan fingerprint density at radius 3 is 2.38 bits per heavy atom. The van der Waals surface area contributed by atoms with Gasteiger partial charge in [-0.2, -0.15) is 0 Å². The molecular weight excluding hydrogens is 262 g/mol. The number of ether oxygens (including phenoxy) is 1. The lowest BCUT2D eigenvalue weighted by molar-refractivity contribution is -0.147. The van der Waals surface area contributed by atoms with E-state index in [1.54, 1.807) is 0 Å². The first-order valence-electron chi connectivity index (χ1n) is 7.78. The van der Waals surface area contributed by atoms with Crippen molar-refractivity contribution in [2.24, 2.45) is 5.92 Å². The molecule has 2 rings (SSSR count). The first-order chi connectivity index (χ1) is 9.82. The van der Waals surface area contributed by atoms with Crippen molar-refractivity contribution in [3.8, 4) is 0 Å². The molecule has 116 valence electrons. The van der Waals surface area contributed by atoms with Crippen LogP contribution in [0.1, 0.15) is 44.7 Å². The summed E-state index contributed by atoms with van der Waals surface area (Å²) < 4.78 is 5.24. The van der Waals surface area contributed by atoms with E-state index in [0.717, 1.165) is 13.1 Å². The molecule has 0 spiro atoms. The average molecular weight is 289 g/mol. The fourth-order valence-corrected chi connectivity index (χ4v) is 3.06. The molecule has 3 nitrogen and oxygen atoms in total. The molecule has 0 amide bonds. The summed E-state index contributed by atoms with van der Waals surface area (Å²) in [5, 5.41) is 0. The van der Waals surface area contributed by atoms with Crippen molar-refractivity contribution in [2.45, 2.75) is 39.0 Å². The number of likely N-dealkylation sites (N-methyl/N-ethyl adjacent to an activating group) is 1. The van der Waals surface area contributed by atoms with Crippen LogP contribution >= 0.6 is 0 Å². The van der Waals surface area contributed by atoms with Crippen LogP contribution in [0, 0.1) is 5.92 Å². The summed E-state index contributed by atoms with van der Waals surface area (Å²) in [6, 6.07) is 8.74. The molecule has 0 aliphatic carbocycles. The summed E-state index contributed by atoms with van der Waals surface area (Å²) >= 11 is 0. The van der Waals surface area contributed by atoms with Crippen molar-refractivity contribution >= 4 is 5.97 Å². The van der Waals surface area contributed by atoms with Crippen LogP contribution in [0.2, 0.25) is 0 Å². The van der Waals surface area contributed by atoms with Crippen molar-refractivity contribution in [2.75, 3.05) is 26.7 Å². The Balaban J connectivity index is 2.21. The lowest BCUT2D eigenvalue weighted by Gasteiger charge is -2.21. The van der Waals surface area contributed by atoms with Gasteiger partial charge >= 0.3 is 5.97 Å². The molecule has 1 fully saturated rings. The van der Waals surface area contributed by atoms with E-state index in [9.17, 15) is 4.79 Å². The number of benzene rings is 1. The Kier molecular flexibility index (Phi) is 4.72. The molecule has 1 aliphatic heterocycles. The summed E-state index contributed by atoms with van der Waals surface area (Å²) in [5.41, 5.74) is 2.72. The number of carbonyl (C=O) groups excluding carboxylic acids is 1. The SMILES string of the molecule is CCOC(=O)C1CN(C)CC1c1ccc(C(C)(C)C)cc1. The predicted octanol–water partition coefficient (Wildman–Crippen LogP) is 3.19. The van der Waals surface area contributed by atoms with E-state index in [-0.39, 0.29) is 23.2 Å². The van der Waals surface area contributed by atoms with Gasteiger partial charge in [0.05, 0.1) is 12.5 Å². The summed E-state index contributed by atoms with van der Waals surface area (Å²) in [7, 11) is 2.07. The van der Waals surface area contributed by atoms with Gasteiger partial charge in [0.2, 0.25) is 0 Å². The van der Waals surface area contributed by atoms with E-state index >= 15 is 0 Å². The maximum atomic E-state index is 12.2. The highest BCUT2D eigenvalue weighted by atomic mass is 16.5. The molecule has 1 saturated heterocycles. The second kappa shape index (κ2) is 6.18. The van der Waals surface area contributed by atoms with Crippen LogP contribution in [-0.2, 0) is 14.9 Å². The fourth-order valence-electron chi connectivity index (χ4n) is 3.06. The standard InChI is InChI=1S/C18H27NO2/c1-6-21-17(20)16-12-19(5)11-15(16)13-7-9-14(10-8-13)18(2,3)4/h7-10,15-16H,6,11-12H2,1-5H3. The number of nitrogens with zero attached hydrogens (tertiary/aromatic N) is 1. The Hall–Kier alpha value is -1.35. The van der Waals surface area contributed by atoms with Crippen molar-refractivity contribution in [1.82, 2.24) is 4.90 Å². The van der Waals surface area contributed by atoms with Gasteiger partial charge in [-0.15, -0.1) is 0 Å². The van der Waals surface area contributed by atoms with Crippen molar-refractivity contribution in [3.05, 3.63) is 35.4 Å². The topological polar surface area (TPSA) is 29.5 Å². The van der Waals surface area contributed by atoms with E-state index in [1.807, 2.05) is 6.92 Å². The van der Waals surface area contributed by atoms with Gasteiger partial charge in [0.1, 0.15) is 0 Å². The number of rotatable bonds is 3. The number of esters is 1. The summed E-state index contributed by atoms with van der Waals surface area (Å²) in [6.45, 7) is 10.7. The van der Waals surface area contributed by atoms with Gasteiger partial charge < -0.3 is 9.64 Å². The monoisotopic (exact) mass is 289 g/mol. The first-order valence-corrected chi connectivity index (χ1v) is 7.78. The number of hydrogen-bond donors (Lipinski definition) is 0. The minimum Gasteiger partial charge on any atom is -0.466 e. The van der Waals surface area contributed by atoms with Gasteiger partial charge in [-0.3, -0.25) is 4.79 Å². The highest BCUT2D eigenvalue weighted by molar-refractivity contribution is 5.74. The minimum atomic E-state index is -0.0632. The number of likely N-dealkylation sites (tertiary alicyclic amines) is 1. The van der Waals surface area contributed by atoms with E-state index < -0.39 is 0 Å². The fraction of sp³-hybridized carbons (Fsp3) is 0.611. The van der Waals surface area contributed by atoms with Gasteiger partial charge in [-0.25, -0.2) is 0 Å². The summed E-state index contributed by atoms with van der Waals surface area (Å²) in [4.78, 5) is 14.4. The predicted molar refractivity (Wildman–Crippen MR) is 85.5 cm³/mol. The normalized spacial score (nSPS) is 23.3. The average Bonchev–Trinajstić information content (AvgIpc) is 2.80. The van der Waals surface area contributed by atoms with E-state index in [1.165, 1.54) is 11.1 Å². The number of hydrogen-bond acceptors (Lipinski definition) is 3. The Bertz CT molecular complexity index is 487. The van der Waals surface area contributed by atoms with Gasteiger partial charge in [-0.1, -0.05) is 45.0 Å². The molecule has 0 radical (unpaired) electrons. The molecule has 0 N–H and O–H groups in total. The largest absolute Gasteiger partial charge is 0.466 e. The van der Waals surface area contributed by atoms with Gasteiger partial charge in [0, 0.05) is 19.0 Å². The smallest absolute Gasteiger partial charge is 0.310 e. The van der Waals surface area contributed by atoms with Gasteiger partial charge in [0.25, 0.3) is 0 Å². The third kappa shape index (κ3) is 3.65. The molecule has 1 aromatic rings. The van der Waals surface area contributed by atoms with E-state index in [4.69, 9.17) is 4.74 Å². The molecule has 1 aromatic carbocycles. The molecule has 1 aliphatic rings. The van der Waals surface area contributed by atoms with Gasteiger partial charge in [-0.05, 0) is 30.5 Å². The molecule has 0 bridgehead atoms. The molecular formula is C18H27NO2. The molecule has 3 heteroatoms. The van der Waals surface area contributed by atoms with Crippen LogP contribution < -0.4 is 0 Å². The third-order valence-corrected chi connectivity index (χ3v) is 4.30. The Morgan fingerprint density at radius 2 is 1.86 bits per heavy atom. The van der Waals surface area contributed by atoms with Crippen LogP contribution in [0.15, 0.2) is 24.3 Å². The summed E-state index contributed by atoms with van der Waals surface area (Å²) in [6.07, 6.45) is 0. The Morgan fingerprint density at radius 1 is 1.24 bits per heavy atom. The maximum absolute atomic E-state index is 12.2. The molecule has 2 unspecified atom stereocenters. The van der Waals surface area contributed by atoms with Crippen LogP contribution in [-0.4, -0.2) is 37.6 Å². The summed E-state index contributed by atoms with van der Waals surface area (Å²) in [5.74, 6) is 0.130. The zero-order chi connectivity index (χ0) is 15.6. The lowest BCUT2D eigenvalue weighted by atomic mass is 9.83. The van der Waals surface area contributed by atoms with Crippen molar-refractivity contribution < 1.29 is 9.53 Å². The van der Waals surface area contributed by atoms with Gasteiger partial charge in [0.15, 0.2) is 0 Å². The highest BCUT2D eigenvalue weighted by Gasteiger charge is 2.37. The zero-order valence-corrected chi connectivity index (χ0v) is 13.8. The highest BCUT2D eigenvalue weighted by Crippen LogP contribution is 2.34. The molecule has 21 heavy (non-hydrogen) atoms. The second-order valence-electron chi connectivity index (χ2n) is 7.06. The number of carbonyl (C=O) groups is 1. The van der Waals surface area contributed by atoms with Crippen LogP contribution in [0.3, 0.4) is 0 Å². The van der Waals surface area contributed by atoms with Crippen LogP contribution in [0.25, 0.3) is 0 Å². The van der Waals surface area contributed by atoms with Crippen LogP contribution in [0.4, 0.5) is 0 Å². The lowest BCUT2D eigenvalue weighted by Crippen LogP contribution is -2.24. The molecule has 0 saturated carbocycles. The zero-order valence-electron chi connectivity index (χ0n) is 13.8. The van der Waals surface area contributed by atoms with E-state index in [0.29, 0.717) is 6.61 Å². The quantitative estimate of drug-likeness (QED) is 0.800. The second-order valence-corrected chi connectivity index (χ2v) is 7.06.